The maximum atomic E-state index is 5.85. The molecule has 0 aromatic heterocycles. The van der Waals surface area contributed by atoms with E-state index in [1.807, 2.05) is 0 Å². The SMILES string of the molecule is NCC(C1CCCC1)C1CCS1. The lowest BCUT2D eigenvalue weighted by Gasteiger charge is -2.36. The Hall–Kier alpha value is 0.310. The van der Waals surface area contributed by atoms with E-state index in [0.29, 0.717) is 0 Å². The number of thioether (sulfide) groups is 1. The molecule has 0 bridgehead atoms. The first kappa shape index (κ1) is 8.89. The summed E-state index contributed by atoms with van der Waals surface area (Å²) >= 11 is 2.14. The fraction of sp³-hybridized carbons (Fsp3) is 1.00. The molecule has 1 saturated heterocycles. The molecule has 0 aromatic carbocycles. The van der Waals surface area contributed by atoms with Gasteiger partial charge >= 0.3 is 0 Å². The summed E-state index contributed by atoms with van der Waals surface area (Å²) in [6.45, 7) is 0.933. The molecule has 0 aromatic rings. The summed E-state index contributed by atoms with van der Waals surface area (Å²) in [4.78, 5) is 0. The summed E-state index contributed by atoms with van der Waals surface area (Å²) in [5.74, 6) is 3.22. The monoisotopic (exact) mass is 185 g/mol. The molecule has 1 heterocycles. The molecule has 2 atom stereocenters. The van der Waals surface area contributed by atoms with Gasteiger partial charge in [-0.2, -0.15) is 11.8 Å². The fourth-order valence-electron chi connectivity index (χ4n) is 2.62. The highest BCUT2D eigenvalue weighted by Gasteiger charge is 2.33. The fourth-order valence-corrected chi connectivity index (χ4v) is 3.71. The topological polar surface area (TPSA) is 26.0 Å². The average molecular weight is 185 g/mol. The molecule has 2 heteroatoms. The standard InChI is InChI=1S/C10H19NS/c11-7-9(10-5-6-12-10)8-3-1-2-4-8/h8-10H,1-7,11H2. The second-order valence-electron chi connectivity index (χ2n) is 4.14. The van der Waals surface area contributed by atoms with Gasteiger partial charge in [-0.05, 0) is 30.6 Å². The van der Waals surface area contributed by atoms with Gasteiger partial charge in [-0.3, -0.25) is 0 Å². The summed E-state index contributed by atoms with van der Waals surface area (Å²) in [6, 6.07) is 0. The molecule has 1 aliphatic carbocycles. The maximum absolute atomic E-state index is 5.85. The Morgan fingerprint density at radius 1 is 1.25 bits per heavy atom. The van der Waals surface area contributed by atoms with Gasteiger partial charge in [-0.1, -0.05) is 25.7 Å². The van der Waals surface area contributed by atoms with Crippen molar-refractivity contribution >= 4 is 11.8 Å². The quantitative estimate of drug-likeness (QED) is 0.730. The van der Waals surface area contributed by atoms with Crippen LogP contribution in [-0.4, -0.2) is 17.5 Å². The van der Waals surface area contributed by atoms with Gasteiger partial charge < -0.3 is 5.73 Å². The summed E-state index contributed by atoms with van der Waals surface area (Å²) in [5, 5.41) is 0.929. The first-order valence-corrected chi connectivity index (χ1v) is 6.28. The predicted molar refractivity (Wildman–Crippen MR) is 55.4 cm³/mol. The van der Waals surface area contributed by atoms with Gasteiger partial charge in [-0.25, -0.2) is 0 Å². The Morgan fingerprint density at radius 3 is 2.33 bits per heavy atom. The lowest BCUT2D eigenvalue weighted by atomic mass is 9.86. The van der Waals surface area contributed by atoms with Crippen molar-refractivity contribution in [2.45, 2.75) is 37.4 Å². The van der Waals surface area contributed by atoms with E-state index < -0.39 is 0 Å². The molecule has 2 fully saturated rings. The van der Waals surface area contributed by atoms with Crippen LogP contribution in [0.4, 0.5) is 0 Å². The highest BCUT2D eigenvalue weighted by atomic mass is 32.2. The highest BCUT2D eigenvalue weighted by Crippen LogP contribution is 2.42. The Kier molecular flexibility index (Phi) is 2.97. The van der Waals surface area contributed by atoms with Crippen molar-refractivity contribution in [2.24, 2.45) is 17.6 Å². The Morgan fingerprint density at radius 2 is 1.92 bits per heavy atom. The van der Waals surface area contributed by atoms with Crippen LogP contribution < -0.4 is 5.73 Å². The third kappa shape index (κ3) is 1.64. The second-order valence-corrected chi connectivity index (χ2v) is 5.49. The molecule has 2 aliphatic rings. The van der Waals surface area contributed by atoms with Crippen molar-refractivity contribution in [2.75, 3.05) is 12.3 Å². The van der Waals surface area contributed by atoms with E-state index in [0.717, 1.165) is 23.6 Å². The summed E-state index contributed by atoms with van der Waals surface area (Å²) in [6.07, 6.45) is 7.26. The molecule has 2 unspecified atom stereocenters. The molecule has 1 aliphatic heterocycles. The van der Waals surface area contributed by atoms with Gasteiger partial charge in [0.1, 0.15) is 0 Å². The van der Waals surface area contributed by atoms with Crippen LogP contribution in [0.25, 0.3) is 0 Å². The van der Waals surface area contributed by atoms with Crippen molar-refractivity contribution in [3.63, 3.8) is 0 Å². The molecule has 1 nitrogen and oxygen atoms in total. The van der Waals surface area contributed by atoms with Crippen molar-refractivity contribution in [1.29, 1.82) is 0 Å². The van der Waals surface area contributed by atoms with Gasteiger partial charge in [0.15, 0.2) is 0 Å². The van der Waals surface area contributed by atoms with Crippen molar-refractivity contribution in [3.8, 4) is 0 Å². The van der Waals surface area contributed by atoms with Gasteiger partial charge in [0.2, 0.25) is 0 Å². The summed E-state index contributed by atoms with van der Waals surface area (Å²) in [7, 11) is 0. The number of hydrogen-bond acceptors (Lipinski definition) is 2. The molecule has 70 valence electrons. The molecule has 2 rings (SSSR count). The molecule has 1 saturated carbocycles. The summed E-state index contributed by atoms with van der Waals surface area (Å²) in [5.41, 5.74) is 5.85. The molecule has 0 spiro atoms. The molecule has 2 N–H and O–H groups in total. The largest absolute Gasteiger partial charge is 0.330 e. The molecule has 0 amide bonds. The van der Waals surface area contributed by atoms with Gasteiger partial charge in [-0.15, -0.1) is 0 Å². The Balaban J connectivity index is 1.87. The third-order valence-corrected chi connectivity index (χ3v) is 4.97. The first-order chi connectivity index (χ1) is 5.92. The Bertz CT molecular complexity index is 139. The molecule has 12 heavy (non-hydrogen) atoms. The minimum atomic E-state index is 0.853. The zero-order valence-electron chi connectivity index (χ0n) is 7.67. The predicted octanol–water partition coefficient (Wildman–Crippen LogP) is 2.26. The molecular weight excluding hydrogens is 166 g/mol. The van der Waals surface area contributed by atoms with Crippen LogP contribution in [0.1, 0.15) is 32.1 Å². The van der Waals surface area contributed by atoms with E-state index in [-0.39, 0.29) is 0 Å². The maximum Gasteiger partial charge on any atom is 0.00978 e. The van der Waals surface area contributed by atoms with Crippen LogP contribution >= 0.6 is 11.8 Å². The van der Waals surface area contributed by atoms with E-state index in [9.17, 15) is 0 Å². The minimum absolute atomic E-state index is 0.853. The second kappa shape index (κ2) is 4.01. The van der Waals surface area contributed by atoms with E-state index >= 15 is 0 Å². The minimum Gasteiger partial charge on any atom is -0.330 e. The van der Waals surface area contributed by atoms with Crippen molar-refractivity contribution in [3.05, 3.63) is 0 Å². The van der Waals surface area contributed by atoms with Crippen LogP contribution in [0.5, 0.6) is 0 Å². The number of hydrogen-bond donors (Lipinski definition) is 1. The van der Waals surface area contributed by atoms with E-state index in [4.69, 9.17) is 5.73 Å². The van der Waals surface area contributed by atoms with Gasteiger partial charge in [0, 0.05) is 5.25 Å². The van der Waals surface area contributed by atoms with E-state index in [1.54, 1.807) is 0 Å². The zero-order chi connectivity index (χ0) is 8.39. The highest BCUT2D eigenvalue weighted by molar-refractivity contribution is 8.01. The van der Waals surface area contributed by atoms with Crippen molar-refractivity contribution < 1.29 is 0 Å². The number of rotatable bonds is 3. The van der Waals surface area contributed by atoms with Crippen LogP contribution in [0.3, 0.4) is 0 Å². The van der Waals surface area contributed by atoms with Crippen LogP contribution in [-0.2, 0) is 0 Å². The molecule has 0 radical (unpaired) electrons. The van der Waals surface area contributed by atoms with Crippen LogP contribution in [0, 0.1) is 11.8 Å². The van der Waals surface area contributed by atoms with Crippen LogP contribution in [0.2, 0.25) is 0 Å². The van der Waals surface area contributed by atoms with E-state index in [1.165, 1.54) is 37.9 Å². The zero-order valence-corrected chi connectivity index (χ0v) is 8.48. The Labute approximate surface area is 79.5 Å². The lowest BCUT2D eigenvalue weighted by Crippen LogP contribution is -2.36. The lowest BCUT2D eigenvalue weighted by molar-refractivity contribution is 0.326. The molecular formula is C10H19NS. The summed E-state index contributed by atoms with van der Waals surface area (Å²) < 4.78 is 0. The average Bonchev–Trinajstić information content (AvgIpc) is 2.47. The first-order valence-electron chi connectivity index (χ1n) is 5.23. The van der Waals surface area contributed by atoms with Crippen LogP contribution in [0.15, 0.2) is 0 Å². The van der Waals surface area contributed by atoms with Gasteiger partial charge in [0.25, 0.3) is 0 Å². The smallest absolute Gasteiger partial charge is 0.00978 e. The van der Waals surface area contributed by atoms with Gasteiger partial charge in [0.05, 0.1) is 0 Å². The van der Waals surface area contributed by atoms with Crippen molar-refractivity contribution in [1.82, 2.24) is 0 Å². The third-order valence-electron chi connectivity index (χ3n) is 3.49. The normalized spacial score (nSPS) is 33.2. The number of nitrogens with two attached hydrogens (primary N) is 1. The van der Waals surface area contributed by atoms with E-state index in [2.05, 4.69) is 11.8 Å².